The van der Waals surface area contributed by atoms with Gasteiger partial charge in [-0.2, -0.15) is 0 Å². The highest BCUT2D eigenvalue weighted by molar-refractivity contribution is 5.39. The van der Waals surface area contributed by atoms with Gasteiger partial charge in [0.15, 0.2) is 0 Å². The zero-order valence-corrected chi connectivity index (χ0v) is 17.9. The van der Waals surface area contributed by atoms with Crippen LogP contribution in [0.15, 0.2) is 46.0 Å². The van der Waals surface area contributed by atoms with Crippen molar-refractivity contribution < 1.29 is 14.2 Å². The lowest BCUT2D eigenvalue weighted by atomic mass is 10.1. The molecular formula is C23H26N2O5. The number of nitrogens with one attached hydrogen (secondary N) is 1. The summed E-state index contributed by atoms with van der Waals surface area (Å²) in [5.41, 5.74) is 2.25. The Kier molecular flexibility index (Phi) is 6.30. The predicted molar refractivity (Wildman–Crippen MR) is 115 cm³/mol. The van der Waals surface area contributed by atoms with Crippen LogP contribution in [0.25, 0.3) is 0 Å². The van der Waals surface area contributed by atoms with Crippen LogP contribution in [0.1, 0.15) is 29.2 Å². The third-order valence-electron chi connectivity index (χ3n) is 4.76. The Morgan fingerprint density at radius 1 is 0.867 bits per heavy atom. The van der Waals surface area contributed by atoms with Crippen molar-refractivity contribution in [2.45, 2.75) is 33.7 Å². The molecule has 1 N–H and O–H groups in total. The van der Waals surface area contributed by atoms with E-state index in [1.165, 1.54) is 0 Å². The minimum atomic E-state index is -0.543. The van der Waals surface area contributed by atoms with Crippen LogP contribution in [0, 0.1) is 13.8 Å². The van der Waals surface area contributed by atoms with E-state index in [2.05, 4.69) is 4.98 Å². The van der Waals surface area contributed by atoms with E-state index < -0.39 is 5.69 Å². The molecule has 0 aliphatic carbocycles. The summed E-state index contributed by atoms with van der Waals surface area (Å²) < 4.78 is 17.6. The zero-order valence-electron chi connectivity index (χ0n) is 17.9. The van der Waals surface area contributed by atoms with E-state index in [0.29, 0.717) is 34.8 Å². The number of methoxy groups -OCH3 is 2. The van der Waals surface area contributed by atoms with Crippen LogP contribution < -0.4 is 25.5 Å². The number of hydrogen-bond acceptors (Lipinski definition) is 5. The average Bonchev–Trinajstić information content (AvgIpc) is 2.70. The van der Waals surface area contributed by atoms with Gasteiger partial charge in [0.2, 0.25) is 5.88 Å². The monoisotopic (exact) mass is 410 g/mol. The minimum Gasteiger partial charge on any atom is -0.497 e. The fourth-order valence-electron chi connectivity index (χ4n) is 3.38. The lowest BCUT2D eigenvalue weighted by Crippen LogP contribution is -2.37. The van der Waals surface area contributed by atoms with E-state index in [-0.39, 0.29) is 18.0 Å². The fraction of sp³-hybridized carbons (Fsp3) is 0.304. The normalized spacial score (nSPS) is 10.7. The number of rotatable bonds is 7. The molecule has 0 aliphatic rings. The summed E-state index contributed by atoms with van der Waals surface area (Å²) in [5.74, 6) is 1.92. The second-order valence-electron chi connectivity index (χ2n) is 7.13. The molecule has 0 bridgehead atoms. The molecule has 0 saturated carbocycles. The molecule has 0 saturated heterocycles. The number of hydrogen-bond donors (Lipinski definition) is 1. The smallest absolute Gasteiger partial charge is 0.331 e. The van der Waals surface area contributed by atoms with Crippen molar-refractivity contribution in [1.29, 1.82) is 0 Å². The summed E-state index contributed by atoms with van der Waals surface area (Å²) in [6, 6.07) is 11.0. The molecule has 30 heavy (non-hydrogen) atoms. The molecule has 1 aromatic heterocycles. The lowest BCUT2D eigenvalue weighted by Gasteiger charge is -2.14. The largest absolute Gasteiger partial charge is 0.497 e. The summed E-state index contributed by atoms with van der Waals surface area (Å²) in [6.45, 7) is 5.86. The summed E-state index contributed by atoms with van der Waals surface area (Å²) in [5, 5.41) is 0. The van der Waals surface area contributed by atoms with Crippen LogP contribution in [-0.4, -0.2) is 23.8 Å². The topological polar surface area (TPSA) is 82.6 Å². The summed E-state index contributed by atoms with van der Waals surface area (Å²) >= 11 is 0. The SMILES string of the molecule is CCc1c(Oc2cc(C)cc(C)c2)[nH]c(=O)n(Cc2cc(OC)cc(OC)c2)c1=O. The van der Waals surface area contributed by atoms with Crippen molar-refractivity contribution in [3.8, 4) is 23.1 Å². The van der Waals surface area contributed by atoms with Gasteiger partial charge in [0.05, 0.1) is 26.3 Å². The van der Waals surface area contributed by atoms with E-state index in [1.807, 2.05) is 39.0 Å². The van der Waals surface area contributed by atoms with Crippen molar-refractivity contribution >= 4 is 0 Å². The van der Waals surface area contributed by atoms with Gasteiger partial charge in [-0.15, -0.1) is 0 Å². The van der Waals surface area contributed by atoms with Gasteiger partial charge in [0.25, 0.3) is 5.56 Å². The Labute approximate surface area is 174 Å². The molecule has 0 unspecified atom stereocenters. The van der Waals surface area contributed by atoms with Gasteiger partial charge in [-0.25, -0.2) is 4.79 Å². The highest BCUT2D eigenvalue weighted by atomic mass is 16.5. The molecule has 0 fully saturated rings. The number of aryl methyl sites for hydroxylation is 2. The first-order valence-corrected chi connectivity index (χ1v) is 9.68. The van der Waals surface area contributed by atoms with Crippen molar-refractivity contribution in [2.24, 2.45) is 0 Å². The van der Waals surface area contributed by atoms with Gasteiger partial charge in [-0.05, 0) is 61.2 Å². The van der Waals surface area contributed by atoms with Crippen LogP contribution in [0.3, 0.4) is 0 Å². The molecule has 3 rings (SSSR count). The third kappa shape index (κ3) is 4.56. The standard InChI is InChI=1S/C23H26N2O5/c1-6-20-21(30-19-8-14(2)7-15(3)9-19)24-23(27)25(22(20)26)13-16-10-17(28-4)12-18(11-16)29-5/h7-12H,6,13H2,1-5H3,(H,24,27). The number of nitrogens with zero attached hydrogens (tertiary/aromatic N) is 1. The molecule has 0 aliphatic heterocycles. The molecule has 158 valence electrons. The number of ether oxygens (including phenoxy) is 3. The fourth-order valence-corrected chi connectivity index (χ4v) is 3.38. The first-order chi connectivity index (χ1) is 14.3. The van der Waals surface area contributed by atoms with Crippen molar-refractivity contribution in [3.63, 3.8) is 0 Å². The molecule has 3 aromatic rings. The van der Waals surface area contributed by atoms with Crippen LogP contribution >= 0.6 is 0 Å². The molecule has 2 aromatic carbocycles. The first kappa shape index (κ1) is 21.2. The molecule has 0 spiro atoms. The van der Waals surface area contributed by atoms with E-state index in [4.69, 9.17) is 14.2 Å². The number of benzene rings is 2. The Morgan fingerprint density at radius 2 is 1.47 bits per heavy atom. The van der Waals surface area contributed by atoms with Gasteiger partial charge >= 0.3 is 5.69 Å². The van der Waals surface area contributed by atoms with Crippen molar-refractivity contribution in [3.05, 3.63) is 79.5 Å². The molecular weight excluding hydrogens is 384 g/mol. The van der Waals surface area contributed by atoms with Gasteiger partial charge in [-0.3, -0.25) is 14.3 Å². The van der Waals surface area contributed by atoms with E-state index in [0.717, 1.165) is 15.7 Å². The van der Waals surface area contributed by atoms with Crippen molar-refractivity contribution in [2.75, 3.05) is 14.2 Å². The quantitative estimate of drug-likeness (QED) is 0.644. The molecule has 7 heteroatoms. The maximum Gasteiger partial charge on any atom is 0.331 e. The minimum absolute atomic E-state index is 0.0819. The van der Waals surface area contributed by atoms with Gasteiger partial charge in [-0.1, -0.05) is 13.0 Å². The second kappa shape index (κ2) is 8.90. The summed E-state index contributed by atoms with van der Waals surface area (Å²) in [4.78, 5) is 28.5. The Hall–Kier alpha value is -3.48. The van der Waals surface area contributed by atoms with Crippen molar-refractivity contribution in [1.82, 2.24) is 9.55 Å². The Bertz CT molecular complexity index is 1130. The summed E-state index contributed by atoms with van der Waals surface area (Å²) in [6.07, 6.45) is 0.414. The molecule has 1 heterocycles. The van der Waals surface area contributed by atoms with E-state index in [9.17, 15) is 9.59 Å². The second-order valence-corrected chi connectivity index (χ2v) is 7.13. The maximum absolute atomic E-state index is 13.1. The maximum atomic E-state index is 13.1. The number of aromatic nitrogens is 2. The Balaban J connectivity index is 2.02. The van der Waals surface area contributed by atoms with Crippen LogP contribution in [0.5, 0.6) is 23.1 Å². The Morgan fingerprint density at radius 3 is 2.00 bits per heavy atom. The van der Waals surface area contributed by atoms with E-state index in [1.54, 1.807) is 32.4 Å². The average molecular weight is 410 g/mol. The lowest BCUT2D eigenvalue weighted by molar-refractivity contribution is 0.393. The third-order valence-corrected chi connectivity index (χ3v) is 4.76. The molecule has 7 nitrogen and oxygen atoms in total. The number of aromatic amines is 1. The number of H-pyrrole nitrogens is 1. The van der Waals surface area contributed by atoms with Crippen LogP contribution in [0.4, 0.5) is 0 Å². The van der Waals surface area contributed by atoms with Crippen LogP contribution in [0.2, 0.25) is 0 Å². The van der Waals surface area contributed by atoms with Gasteiger partial charge < -0.3 is 14.2 Å². The molecule has 0 amide bonds. The summed E-state index contributed by atoms with van der Waals surface area (Å²) in [7, 11) is 3.09. The predicted octanol–water partition coefficient (Wildman–Crippen LogP) is 3.57. The van der Waals surface area contributed by atoms with Gasteiger partial charge in [0.1, 0.15) is 17.2 Å². The van der Waals surface area contributed by atoms with E-state index >= 15 is 0 Å². The first-order valence-electron chi connectivity index (χ1n) is 9.68. The van der Waals surface area contributed by atoms with Crippen LogP contribution in [-0.2, 0) is 13.0 Å². The highest BCUT2D eigenvalue weighted by Gasteiger charge is 2.16. The zero-order chi connectivity index (χ0) is 21.8. The highest BCUT2D eigenvalue weighted by Crippen LogP contribution is 2.25. The molecule has 0 atom stereocenters. The molecule has 0 radical (unpaired) electrons. The van der Waals surface area contributed by atoms with Gasteiger partial charge in [0, 0.05) is 6.07 Å².